The molecule has 6 nitrogen and oxygen atoms in total. The maximum absolute atomic E-state index is 11.9. The minimum absolute atomic E-state index is 0.136. The lowest BCUT2D eigenvalue weighted by molar-refractivity contribution is -0.312. The Balaban J connectivity index is 1.88. The van der Waals surface area contributed by atoms with Gasteiger partial charge in [0.2, 0.25) is 5.91 Å². The van der Waals surface area contributed by atoms with Crippen molar-refractivity contribution in [1.82, 2.24) is 9.78 Å². The van der Waals surface area contributed by atoms with Gasteiger partial charge in [-0.15, -0.1) is 0 Å². The second kappa shape index (κ2) is 8.12. The second-order valence-electron chi connectivity index (χ2n) is 5.37. The third-order valence-electron chi connectivity index (χ3n) is 3.57. The Morgan fingerprint density at radius 3 is 2.61 bits per heavy atom. The van der Waals surface area contributed by atoms with Crippen LogP contribution >= 0.6 is 0 Å². The van der Waals surface area contributed by atoms with Gasteiger partial charge in [0, 0.05) is 24.7 Å². The highest BCUT2D eigenvalue weighted by Gasteiger charge is 2.12. The van der Waals surface area contributed by atoms with E-state index in [1.54, 1.807) is 16.9 Å². The van der Waals surface area contributed by atoms with Crippen LogP contribution in [-0.2, 0) is 9.59 Å². The van der Waals surface area contributed by atoms with Crippen molar-refractivity contribution >= 4 is 17.7 Å². The Morgan fingerprint density at radius 2 is 1.96 bits per heavy atom. The molecule has 0 aliphatic rings. The molecule has 1 amide bonds. The fourth-order valence-electron chi connectivity index (χ4n) is 2.35. The van der Waals surface area contributed by atoms with Crippen LogP contribution in [0.5, 0.6) is 0 Å². The highest BCUT2D eigenvalue weighted by molar-refractivity contribution is 5.89. The first-order valence-electron chi connectivity index (χ1n) is 7.72. The Bertz CT molecular complexity index is 652. The number of nitrogens with one attached hydrogen (secondary N) is 1. The van der Waals surface area contributed by atoms with Crippen molar-refractivity contribution in [3.05, 3.63) is 42.6 Å². The Hall–Kier alpha value is -2.63. The zero-order valence-electron chi connectivity index (χ0n) is 13.1. The summed E-state index contributed by atoms with van der Waals surface area (Å²) >= 11 is 0. The summed E-state index contributed by atoms with van der Waals surface area (Å²) in [6.07, 6.45) is 3.45. The van der Waals surface area contributed by atoms with Crippen LogP contribution in [0.1, 0.15) is 32.6 Å². The highest BCUT2D eigenvalue weighted by Crippen LogP contribution is 2.14. The van der Waals surface area contributed by atoms with Gasteiger partial charge in [0.1, 0.15) is 0 Å². The van der Waals surface area contributed by atoms with Crippen molar-refractivity contribution in [2.45, 2.75) is 32.6 Å². The summed E-state index contributed by atoms with van der Waals surface area (Å²) in [4.78, 5) is 22.9. The number of benzene rings is 1. The molecule has 1 heterocycles. The first-order valence-corrected chi connectivity index (χ1v) is 7.72. The fourth-order valence-corrected chi connectivity index (χ4v) is 2.35. The summed E-state index contributed by atoms with van der Waals surface area (Å²) in [5.74, 6) is -1.47. The number of amides is 1. The number of carboxylic acids is 1. The lowest BCUT2D eigenvalue weighted by Gasteiger charge is -2.16. The summed E-state index contributed by atoms with van der Waals surface area (Å²) in [6.45, 7) is 1.91. The predicted octanol–water partition coefficient (Wildman–Crippen LogP) is 1.76. The number of aliphatic carboxylic acids is 1. The molecule has 0 saturated heterocycles. The zero-order valence-corrected chi connectivity index (χ0v) is 13.1. The number of carbonyl (C=O) groups is 2. The van der Waals surface area contributed by atoms with Crippen molar-refractivity contribution < 1.29 is 14.7 Å². The van der Waals surface area contributed by atoms with E-state index in [-0.39, 0.29) is 18.7 Å². The third kappa shape index (κ3) is 4.95. The van der Waals surface area contributed by atoms with E-state index in [1.165, 1.54) is 0 Å². The molecule has 1 aromatic heterocycles. The first kappa shape index (κ1) is 16.7. The van der Waals surface area contributed by atoms with Gasteiger partial charge in [-0.2, -0.15) is 5.10 Å². The van der Waals surface area contributed by atoms with Gasteiger partial charge < -0.3 is 15.2 Å². The van der Waals surface area contributed by atoms with Crippen LogP contribution in [0.3, 0.4) is 0 Å². The van der Waals surface area contributed by atoms with Gasteiger partial charge in [-0.05, 0) is 30.9 Å². The lowest BCUT2D eigenvalue weighted by atomic mass is 9.98. The van der Waals surface area contributed by atoms with Gasteiger partial charge >= 0.3 is 0 Å². The standard InChI is InChI=1S/C17H21N3O3/c1-2-6-13(17(22)23)9-10-16(21)18-15-11-12-20(19-15)14-7-4-3-5-8-14/h3-5,7-8,11-13H,2,6,9-10H2,1H3,(H,22,23)(H,18,19,21)/p-1/t13-/m0/s1. The summed E-state index contributed by atoms with van der Waals surface area (Å²) in [6, 6.07) is 11.3. The minimum atomic E-state index is -1.09. The van der Waals surface area contributed by atoms with Crippen LogP contribution in [0.25, 0.3) is 5.69 Å². The van der Waals surface area contributed by atoms with E-state index < -0.39 is 11.9 Å². The third-order valence-corrected chi connectivity index (χ3v) is 3.57. The largest absolute Gasteiger partial charge is 0.550 e. The first-order chi connectivity index (χ1) is 11.1. The van der Waals surface area contributed by atoms with E-state index in [2.05, 4.69) is 10.4 Å². The fraction of sp³-hybridized carbons (Fsp3) is 0.353. The monoisotopic (exact) mass is 314 g/mol. The lowest BCUT2D eigenvalue weighted by Crippen LogP contribution is -2.32. The summed E-state index contributed by atoms with van der Waals surface area (Å²) in [5, 5.41) is 17.9. The summed E-state index contributed by atoms with van der Waals surface area (Å²) in [5.41, 5.74) is 0.896. The molecular formula is C17H20N3O3-. The summed E-state index contributed by atoms with van der Waals surface area (Å²) in [7, 11) is 0. The molecule has 1 N–H and O–H groups in total. The second-order valence-corrected chi connectivity index (χ2v) is 5.37. The molecule has 6 heteroatoms. The van der Waals surface area contributed by atoms with Gasteiger partial charge in [0.05, 0.1) is 5.69 Å². The number of hydrogen-bond donors (Lipinski definition) is 1. The number of carboxylic acid groups (broad SMARTS) is 1. The molecule has 122 valence electrons. The topological polar surface area (TPSA) is 87.0 Å². The van der Waals surface area contributed by atoms with E-state index in [1.807, 2.05) is 37.3 Å². The molecule has 23 heavy (non-hydrogen) atoms. The number of rotatable bonds is 8. The average molecular weight is 314 g/mol. The van der Waals surface area contributed by atoms with Crippen LogP contribution in [0.2, 0.25) is 0 Å². The van der Waals surface area contributed by atoms with Crippen molar-refractivity contribution in [2.24, 2.45) is 5.92 Å². The smallest absolute Gasteiger partial charge is 0.225 e. The number of nitrogens with zero attached hydrogens (tertiary/aromatic N) is 2. The van der Waals surface area contributed by atoms with E-state index in [0.717, 1.165) is 12.1 Å². The van der Waals surface area contributed by atoms with Gasteiger partial charge in [0.15, 0.2) is 5.82 Å². The van der Waals surface area contributed by atoms with Gasteiger partial charge in [-0.3, -0.25) is 4.79 Å². The molecule has 1 aromatic carbocycles. The Labute approximate surface area is 135 Å². The van der Waals surface area contributed by atoms with Crippen LogP contribution < -0.4 is 10.4 Å². The number of carbonyl (C=O) groups excluding carboxylic acids is 2. The Morgan fingerprint density at radius 1 is 1.22 bits per heavy atom. The number of para-hydroxylation sites is 1. The molecule has 0 aliphatic carbocycles. The molecule has 2 aromatic rings. The van der Waals surface area contributed by atoms with E-state index in [4.69, 9.17) is 0 Å². The zero-order chi connectivity index (χ0) is 16.7. The van der Waals surface area contributed by atoms with E-state index in [9.17, 15) is 14.7 Å². The molecule has 0 aliphatic heterocycles. The maximum Gasteiger partial charge on any atom is 0.225 e. The van der Waals surface area contributed by atoms with Crippen LogP contribution in [0.4, 0.5) is 5.82 Å². The van der Waals surface area contributed by atoms with Crippen molar-refractivity contribution in [1.29, 1.82) is 0 Å². The average Bonchev–Trinajstić information content (AvgIpc) is 3.00. The van der Waals surface area contributed by atoms with E-state index in [0.29, 0.717) is 12.2 Å². The predicted molar refractivity (Wildman–Crippen MR) is 84.8 cm³/mol. The van der Waals surface area contributed by atoms with Crippen molar-refractivity contribution in [3.8, 4) is 5.69 Å². The molecular weight excluding hydrogens is 294 g/mol. The van der Waals surface area contributed by atoms with Gasteiger partial charge in [-0.25, -0.2) is 4.68 Å². The molecule has 0 unspecified atom stereocenters. The molecule has 1 atom stereocenters. The highest BCUT2D eigenvalue weighted by atomic mass is 16.4. The molecule has 2 rings (SSSR count). The number of hydrogen-bond acceptors (Lipinski definition) is 4. The molecule has 0 bridgehead atoms. The number of aromatic nitrogens is 2. The number of anilines is 1. The van der Waals surface area contributed by atoms with Crippen LogP contribution in [0, 0.1) is 5.92 Å². The van der Waals surface area contributed by atoms with E-state index >= 15 is 0 Å². The minimum Gasteiger partial charge on any atom is -0.550 e. The SMILES string of the molecule is CCC[C@@H](CCC(=O)Nc1ccn(-c2ccccc2)n1)C(=O)[O-]. The Kier molecular flexibility index (Phi) is 5.91. The van der Waals surface area contributed by atoms with Gasteiger partial charge in [0.25, 0.3) is 0 Å². The normalized spacial score (nSPS) is 11.9. The van der Waals surface area contributed by atoms with Crippen molar-refractivity contribution in [2.75, 3.05) is 5.32 Å². The maximum atomic E-state index is 11.9. The summed E-state index contributed by atoms with van der Waals surface area (Å²) < 4.78 is 1.66. The molecule has 0 fully saturated rings. The van der Waals surface area contributed by atoms with Crippen molar-refractivity contribution in [3.63, 3.8) is 0 Å². The molecule has 0 spiro atoms. The van der Waals surface area contributed by atoms with Gasteiger partial charge in [-0.1, -0.05) is 31.5 Å². The molecule has 0 radical (unpaired) electrons. The molecule has 0 saturated carbocycles. The quantitative estimate of drug-likeness (QED) is 0.804. The van der Waals surface area contributed by atoms with Crippen LogP contribution in [0.15, 0.2) is 42.6 Å². The van der Waals surface area contributed by atoms with Crippen LogP contribution in [-0.4, -0.2) is 21.7 Å².